The Kier molecular flexibility index (Phi) is 5.32. The second kappa shape index (κ2) is 6.35. The van der Waals surface area contributed by atoms with Gasteiger partial charge in [-0.2, -0.15) is 0 Å². The van der Waals surface area contributed by atoms with Gasteiger partial charge in [-0.15, -0.1) is 0 Å². The number of aliphatic hydroxyl groups excluding tert-OH is 1. The van der Waals surface area contributed by atoms with Gasteiger partial charge >= 0.3 is 0 Å². The molecule has 1 aromatic rings. The molecule has 1 amide bonds. The lowest BCUT2D eigenvalue weighted by molar-refractivity contribution is 0.0138. The van der Waals surface area contributed by atoms with Crippen molar-refractivity contribution in [3.05, 3.63) is 29.0 Å². The van der Waals surface area contributed by atoms with E-state index in [0.717, 1.165) is 0 Å². The molecule has 1 atom stereocenters. The van der Waals surface area contributed by atoms with Crippen molar-refractivity contribution in [2.24, 2.45) is 11.3 Å². The first-order chi connectivity index (χ1) is 8.74. The second-order valence-electron chi connectivity index (χ2n) is 5.73. The molecular weight excluding hydrogens is 264 g/mol. The van der Waals surface area contributed by atoms with E-state index in [0.29, 0.717) is 17.3 Å². The summed E-state index contributed by atoms with van der Waals surface area (Å²) >= 11 is 5.67. The van der Waals surface area contributed by atoms with E-state index in [-0.39, 0.29) is 17.2 Å². The lowest BCUT2D eigenvalue weighted by atomic mass is 9.80. The molecule has 0 aliphatic rings. The van der Waals surface area contributed by atoms with Gasteiger partial charge in [0.1, 0.15) is 5.15 Å². The highest BCUT2D eigenvalue weighted by Gasteiger charge is 2.30. The highest BCUT2D eigenvalue weighted by Crippen LogP contribution is 2.25. The number of rotatable bonds is 5. The number of hydrogen-bond acceptors (Lipinski definition) is 3. The summed E-state index contributed by atoms with van der Waals surface area (Å²) < 4.78 is 0. The number of carbonyl (C=O) groups excluding carboxylic acids is 1. The fraction of sp³-hybridized carbons (Fsp3) is 0.571. The molecule has 1 unspecified atom stereocenters. The smallest absolute Gasteiger partial charge is 0.252 e. The molecular formula is C14H21ClN2O2. The van der Waals surface area contributed by atoms with Gasteiger partial charge in [-0.05, 0) is 18.1 Å². The average molecular weight is 285 g/mol. The zero-order valence-corrected chi connectivity index (χ0v) is 12.5. The zero-order chi connectivity index (χ0) is 14.6. The summed E-state index contributed by atoms with van der Waals surface area (Å²) in [6, 6.07) is 3.20. The summed E-state index contributed by atoms with van der Waals surface area (Å²) in [6.07, 6.45) is 0.958. The van der Waals surface area contributed by atoms with Crippen molar-refractivity contribution in [2.75, 3.05) is 6.54 Å². The SMILES string of the molecule is CC(C)C(O)C(C)(C)CNC(=O)c1ccc(Cl)nc1. The molecule has 19 heavy (non-hydrogen) atoms. The molecule has 2 N–H and O–H groups in total. The molecule has 1 rings (SSSR count). The summed E-state index contributed by atoms with van der Waals surface area (Å²) in [4.78, 5) is 15.8. The Bertz CT molecular complexity index is 430. The van der Waals surface area contributed by atoms with Crippen LogP contribution in [-0.4, -0.2) is 28.6 Å². The number of hydrogen-bond donors (Lipinski definition) is 2. The number of nitrogens with one attached hydrogen (secondary N) is 1. The van der Waals surface area contributed by atoms with Gasteiger partial charge in [-0.1, -0.05) is 39.3 Å². The molecule has 0 saturated heterocycles. The van der Waals surface area contributed by atoms with Crippen molar-refractivity contribution >= 4 is 17.5 Å². The van der Waals surface area contributed by atoms with E-state index in [1.165, 1.54) is 6.20 Å². The molecule has 1 heterocycles. The normalized spacial score (nSPS) is 13.4. The van der Waals surface area contributed by atoms with Gasteiger partial charge in [0.05, 0.1) is 11.7 Å². The summed E-state index contributed by atoms with van der Waals surface area (Å²) in [5.74, 6) is -0.0719. The average Bonchev–Trinajstić information content (AvgIpc) is 2.35. The van der Waals surface area contributed by atoms with Gasteiger partial charge < -0.3 is 10.4 Å². The minimum absolute atomic E-state index is 0.143. The fourth-order valence-electron chi connectivity index (χ4n) is 1.93. The molecule has 0 saturated carbocycles. The molecule has 0 radical (unpaired) electrons. The minimum atomic E-state index is -0.476. The molecule has 0 aromatic carbocycles. The Morgan fingerprint density at radius 3 is 2.58 bits per heavy atom. The maximum atomic E-state index is 11.9. The van der Waals surface area contributed by atoms with Crippen LogP contribution in [0, 0.1) is 11.3 Å². The largest absolute Gasteiger partial charge is 0.392 e. The van der Waals surface area contributed by atoms with Crippen LogP contribution in [0.2, 0.25) is 5.15 Å². The summed E-state index contributed by atoms with van der Waals surface area (Å²) in [5, 5.41) is 13.3. The number of aromatic nitrogens is 1. The lowest BCUT2D eigenvalue weighted by Crippen LogP contribution is -2.43. The molecule has 0 aliphatic carbocycles. The highest BCUT2D eigenvalue weighted by atomic mass is 35.5. The van der Waals surface area contributed by atoms with E-state index in [9.17, 15) is 9.90 Å². The predicted molar refractivity (Wildman–Crippen MR) is 76.2 cm³/mol. The molecule has 1 aromatic heterocycles. The third-order valence-corrected chi connectivity index (χ3v) is 3.35. The van der Waals surface area contributed by atoms with E-state index in [1.54, 1.807) is 12.1 Å². The van der Waals surface area contributed by atoms with Crippen LogP contribution in [0.4, 0.5) is 0 Å². The number of aliphatic hydroxyl groups is 1. The van der Waals surface area contributed by atoms with Crippen LogP contribution in [0.25, 0.3) is 0 Å². The standard InChI is InChI=1S/C14H21ClN2O2/c1-9(2)12(18)14(3,4)8-17-13(19)10-5-6-11(15)16-7-10/h5-7,9,12,18H,8H2,1-4H3,(H,17,19). The number of carbonyl (C=O) groups is 1. The molecule has 106 valence electrons. The number of halogens is 1. The second-order valence-corrected chi connectivity index (χ2v) is 6.12. The molecule has 0 fully saturated rings. The molecule has 0 bridgehead atoms. The van der Waals surface area contributed by atoms with Crippen LogP contribution in [0.3, 0.4) is 0 Å². The topological polar surface area (TPSA) is 62.2 Å². The van der Waals surface area contributed by atoms with Gasteiger partial charge in [0.15, 0.2) is 0 Å². The van der Waals surface area contributed by atoms with Crippen LogP contribution in [0.5, 0.6) is 0 Å². The van der Waals surface area contributed by atoms with Crippen LogP contribution in [0.15, 0.2) is 18.3 Å². The van der Waals surface area contributed by atoms with Gasteiger partial charge in [0.25, 0.3) is 5.91 Å². The van der Waals surface area contributed by atoms with E-state index < -0.39 is 6.10 Å². The maximum absolute atomic E-state index is 11.9. The highest BCUT2D eigenvalue weighted by molar-refractivity contribution is 6.29. The van der Waals surface area contributed by atoms with Crippen molar-refractivity contribution < 1.29 is 9.90 Å². The van der Waals surface area contributed by atoms with E-state index in [2.05, 4.69) is 10.3 Å². The zero-order valence-electron chi connectivity index (χ0n) is 11.8. The van der Waals surface area contributed by atoms with Crippen LogP contribution in [-0.2, 0) is 0 Å². The number of amides is 1. The first kappa shape index (κ1) is 15.9. The Balaban J connectivity index is 2.61. The minimum Gasteiger partial charge on any atom is -0.392 e. The van der Waals surface area contributed by atoms with E-state index in [1.807, 2.05) is 27.7 Å². The Morgan fingerprint density at radius 2 is 2.11 bits per heavy atom. The number of pyridine rings is 1. The number of nitrogens with zero attached hydrogens (tertiary/aromatic N) is 1. The molecule has 0 aliphatic heterocycles. The first-order valence-electron chi connectivity index (χ1n) is 6.32. The van der Waals surface area contributed by atoms with Crippen molar-refractivity contribution in [1.29, 1.82) is 0 Å². The summed E-state index contributed by atoms with van der Waals surface area (Å²) in [7, 11) is 0. The Morgan fingerprint density at radius 1 is 1.47 bits per heavy atom. The van der Waals surface area contributed by atoms with E-state index in [4.69, 9.17) is 11.6 Å². The van der Waals surface area contributed by atoms with Gasteiger partial charge in [-0.25, -0.2) is 4.98 Å². The maximum Gasteiger partial charge on any atom is 0.252 e. The Labute approximate surface area is 119 Å². The van der Waals surface area contributed by atoms with Crippen molar-refractivity contribution in [2.45, 2.75) is 33.8 Å². The van der Waals surface area contributed by atoms with Crippen LogP contribution < -0.4 is 5.32 Å². The third kappa shape index (κ3) is 4.48. The van der Waals surface area contributed by atoms with Crippen molar-refractivity contribution in [3.63, 3.8) is 0 Å². The van der Waals surface area contributed by atoms with Gasteiger partial charge in [0, 0.05) is 18.2 Å². The van der Waals surface area contributed by atoms with Crippen molar-refractivity contribution in [1.82, 2.24) is 10.3 Å². The predicted octanol–water partition coefficient (Wildman–Crippen LogP) is 2.51. The van der Waals surface area contributed by atoms with Gasteiger partial charge in [-0.3, -0.25) is 4.79 Å². The van der Waals surface area contributed by atoms with E-state index >= 15 is 0 Å². The van der Waals surface area contributed by atoms with Crippen LogP contribution >= 0.6 is 11.6 Å². The van der Waals surface area contributed by atoms with Crippen LogP contribution in [0.1, 0.15) is 38.1 Å². The molecule has 0 spiro atoms. The van der Waals surface area contributed by atoms with Crippen molar-refractivity contribution in [3.8, 4) is 0 Å². The Hall–Kier alpha value is -1.13. The molecule has 4 nitrogen and oxygen atoms in total. The summed E-state index contributed by atoms with van der Waals surface area (Å²) in [6.45, 7) is 8.17. The summed E-state index contributed by atoms with van der Waals surface area (Å²) in [5.41, 5.74) is 0.0724. The third-order valence-electron chi connectivity index (χ3n) is 3.13. The fourth-order valence-corrected chi connectivity index (χ4v) is 2.04. The monoisotopic (exact) mass is 284 g/mol. The first-order valence-corrected chi connectivity index (χ1v) is 6.69. The quantitative estimate of drug-likeness (QED) is 0.817. The lowest BCUT2D eigenvalue weighted by Gasteiger charge is -2.33. The molecule has 5 heteroatoms. The van der Waals surface area contributed by atoms with Gasteiger partial charge in [0.2, 0.25) is 0 Å².